The largest absolute Gasteiger partial charge is 1.00 e. The second-order valence-corrected chi connectivity index (χ2v) is 5.30. The molecule has 1 aliphatic carbocycles. The lowest BCUT2D eigenvalue weighted by molar-refractivity contribution is -0.671. The van der Waals surface area contributed by atoms with Crippen LogP contribution >= 0.6 is 0 Å². The van der Waals surface area contributed by atoms with Crippen molar-refractivity contribution in [1.82, 2.24) is 4.98 Å². The van der Waals surface area contributed by atoms with Gasteiger partial charge in [0.2, 0.25) is 0 Å². The number of halogens is 1. The Bertz CT molecular complexity index is 804. The first-order valence-electron chi connectivity index (χ1n) is 7.05. The van der Waals surface area contributed by atoms with Crippen molar-refractivity contribution in [3.8, 4) is 11.1 Å². The molecule has 2 aromatic heterocycles. The normalized spacial score (nSPS) is 13.4. The Morgan fingerprint density at radius 3 is 2.32 bits per heavy atom. The molecule has 1 aliphatic rings. The van der Waals surface area contributed by atoms with E-state index in [1.165, 1.54) is 27.8 Å². The van der Waals surface area contributed by atoms with E-state index in [0.717, 1.165) is 5.69 Å². The van der Waals surface area contributed by atoms with E-state index in [4.69, 9.17) is 0 Å². The SMILES string of the molecule is C[n+]1ccc(/C=C2\c3ccccc3-c3cccnc32)cc1.[I-]. The minimum atomic E-state index is 0. The van der Waals surface area contributed by atoms with Gasteiger partial charge in [-0.05, 0) is 28.8 Å². The Morgan fingerprint density at radius 2 is 1.55 bits per heavy atom. The Labute approximate surface area is 147 Å². The fraction of sp³-hybridized carbons (Fsp3) is 0.0526. The molecule has 3 heteroatoms. The van der Waals surface area contributed by atoms with Crippen LogP contribution in [-0.2, 0) is 7.05 Å². The van der Waals surface area contributed by atoms with Crippen LogP contribution in [0.2, 0.25) is 0 Å². The van der Waals surface area contributed by atoms with Gasteiger partial charge in [0.1, 0.15) is 7.05 Å². The molecule has 4 rings (SSSR count). The van der Waals surface area contributed by atoms with E-state index in [-0.39, 0.29) is 24.0 Å². The van der Waals surface area contributed by atoms with Crippen LogP contribution in [0.4, 0.5) is 0 Å². The summed E-state index contributed by atoms with van der Waals surface area (Å²) in [5.74, 6) is 0. The molecule has 22 heavy (non-hydrogen) atoms. The van der Waals surface area contributed by atoms with Gasteiger partial charge in [0.25, 0.3) is 0 Å². The topological polar surface area (TPSA) is 16.8 Å². The molecule has 0 saturated carbocycles. The van der Waals surface area contributed by atoms with Crippen molar-refractivity contribution in [2.24, 2.45) is 7.05 Å². The summed E-state index contributed by atoms with van der Waals surface area (Å²) in [5.41, 5.74) is 7.23. The zero-order chi connectivity index (χ0) is 14.2. The van der Waals surface area contributed by atoms with Crippen LogP contribution in [-0.4, -0.2) is 4.98 Å². The van der Waals surface area contributed by atoms with Gasteiger partial charge in [0.05, 0.1) is 5.69 Å². The maximum absolute atomic E-state index is 4.60. The van der Waals surface area contributed by atoms with Crippen molar-refractivity contribution in [1.29, 1.82) is 0 Å². The van der Waals surface area contributed by atoms with Gasteiger partial charge in [-0.3, -0.25) is 4.98 Å². The molecule has 108 valence electrons. The number of aryl methyl sites for hydroxylation is 1. The van der Waals surface area contributed by atoms with Gasteiger partial charge in [-0.2, -0.15) is 0 Å². The first-order valence-corrected chi connectivity index (χ1v) is 7.05. The molecule has 0 aliphatic heterocycles. The lowest BCUT2D eigenvalue weighted by atomic mass is 10.0. The molecule has 2 nitrogen and oxygen atoms in total. The van der Waals surface area contributed by atoms with Gasteiger partial charge in [0.15, 0.2) is 12.4 Å². The highest BCUT2D eigenvalue weighted by molar-refractivity contribution is 6.05. The lowest BCUT2D eigenvalue weighted by Gasteiger charge is -2.01. The third-order valence-corrected chi connectivity index (χ3v) is 3.89. The summed E-state index contributed by atoms with van der Waals surface area (Å²) in [6.07, 6.45) is 8.21. The summed E-state index contributed by atoms with van der Waals surface area (Å²) < 4.78 is 2.04. The van der Waals surface area contributed by atoms with Crippen molar-refractivity contribution in [2.45, 2.75) is 0 Å². The summed E-state index contributed by atoms with van der Waals surface area (Å²) >= 11 is 0. The van der Waals surface area contributed by atoms with E-state index in [2.05, 4.69) is 65.9 Å². The van der Waals surface area contributed by atoms with E-state index < -0.39 is 0 Å². The third kappa shape index (κ3) is 2.46. The molecule has 0 radical (unpaired) electrons. The second-order valence-electron chi connectivity index (χ2n) is 5.30. The van der Waals surface area contributed by atoms with Gasteiger partial charge in [-0.25, -0.2) is 4.57 Å². The number of hydrogen-bond donors (Lipinski definition) is 0. The molecule has 0 saturated heterocycles. The summed E-state index contributed by atoms with van der Waals surface area (Å²) in [7, 11) is 2.03. The zero-order valence-corrected chi connectivity index (χ0v) is 14.4. The molecule has 0 N–H and O–H groups in total. The highest BCUT2D eigenvalue weighted by atomic mass is 127. The number of fused-ring (bicyclic) bond motifs is 3. The van der Waals surface area contributed by atoms with Crippen molar-refractivity contribution in [3.05, 3.63) is 83.9 Å². The van der Waals surface area contributed by atoms with Gasteiger partial charge < -0.3 is 24.0 Å². The monoisotopic (exact) mass is 398 g/mol. The Kier molecular flexibility index (Phi) is 4.07. The number of hydrogen-bond acceptors (Lipinski definition) is 1. The number of nitrogens with zero attached hydrogens (tertiary/aromatic N) is 2. The standard InChI is InChI=1S/C19H15N2.HI/c1-21-11-8-14(9-12-21)13-18-16-6-3-2-5-15(16)17-7-4-10-20-19(17)18;/h2-13H,1H3;1H/q+1;/p-1. The Hall–Kier alpha value is -2.01. The molecule has 0 spiro atoms. The maximum Gasteiger partial charge on any atom is 0.169 e. The van der Waals surface area contributed by atoms with Crippen LogP contribution in [0.25, 0.3) is 22.8 Å². The van der Waals surface area contributed by atoms with E-state index in [0.29, 0.717) is 0 Å². The molecule has 3 aromatic rings. The van der Waals surface area contributed by atoms with Crippen LogP contribution in [0.1, 0.15) is 16.8 Å². The minimum Gasteiger partial charge on any atom is -1.00 e. The summed E-state index contributed by atoms with van der Waals surface area (Å²) in [4.78, 5) is 4.60. The lowest BCUT2D eigenvalue weighted by Crippen LogP contribution is -3.00. The molecular weight excluding hydrogens is 383 g/mol. The quantitative estimate of drug-likeness (QED) is 0.337. The van der Waals surface area contributed by atoms with Crippen molar-refractivity contribution >= 4 is 11.6 Å². The fourth-order valence-corrected chi connectivity index (χ4v) is 2.84. The molecule has 0 amide bonds. The predicted molar refractivity (Wildman–Crippen MR) is 84.3 cm³/mol. The van der Waals surface area contributed by atoms with Crippen molar-refractivity contribution in [3.63, 3.8) is 0 Å². The van der Waals surface area contributed by atoms with Crippen LogP contribution < -0.4 is 28.5 Å². The Balaban J connectivity index is 0.00000144. The number of rotatable bonds is 1. The highest BCUT2D eigenvalue weighted by Crippen LogP contribution is 2.43. The Morgan fingerprint density at radius 1 is 0.864 bits per heavy atom. The highest BCUT2D eigenvalue weighted by Gasteiger charge is 2.23. The predicted octanol–water partition coefficient (Wildman–Crippen LogP) is 0.479. The van der Waals surface area contributed by atoms with Gasteiger partial charge >= 0.3 is 0 Å². The third-order valence-electron chi connectivity index (χ3n) is 3.89. The zero-order valence-electron chi connectivity index (χ0n) is 12.2. The summed E-state index contributed by atoms with van der Waals surface area (Å²) in [6, 6.07) is 16.9. The van der Waals surface area contributed by atoms with E-state index >= 15 is 0 Å². The summed E-state index contributed by atoms with van der Waals surface area (Å²) in [5, 5.41) is 0. The molecule has 0 unspecified atom stereocenters. The maximum atomic E-state index is 4.60. The van der Waals surface area contributed by atoms with Crippen molar-refractivity contribution < 1.29 is 28.5 Å². The van der Waals surface area contributed by atoms with E-state index in [1.807, 2.05) is 23.9 Å². The average Bonchev–Trinajstić information content (AvgIpc) is 2.85. The van der Waals surface area contributed by atoms with Crippen LogP contribution in [0, 0.1) is 0 Å². The van der Waals surface area contributed by atoms with Gasteiger partial charge in [-0.1, -0.05) is 30.3 Å². The van der Waals surface area contributed by atoms with Crippen molar-refractivity contribution in [2.75, 3.05) is 0 Å². The number of pyridine rings is 2. The summed E-state index contributed by atoms with van der Waals surface area (Å²) in [6.45, 7) is 0. The first-order chi connectivity index (χ1) is 10.3. The van der Waals surface area contributed by atoms with Crippen LogP contribution in [0.15, 0.2) is 67.1 Å². The molecule has 0 atom stereocenters. The van der Waals surface area contributed by atoms with E-state index in [1.54, 1.807) is 0 Å². The smallest absolute Gasteiger partial charge is 0.169 e. The van der Waals surface area contributed by atoms with Crippen LogP contribution in [0.3, 0.4) is 0 Å². The van der Waals surface area contributed by atoms with E-state index in [9.17, 15) is 0 Å². The molecule has 0 fully saturated rings. The molecular formula is C19H15IN2. The molecule has 2 heterocycles. The minimum absolute atomic E-state index is 0. The van der Waals surface area contributed by atoms with Gasteiger partial charge in [-0.15, -0.1) is 0 Å². The fourth-order valence-electron chi connectivity index (χ4n) is 2.84. The number of benzene rings is 1. The van der Waals surface area contributed by atoms with Crippen LogP contribution in [0.5, 0.6) is 0 Å². The number of aromatic nitrogens is 2. The molecule has 1 aromatic carbocycles. The first kappa shape index (κ1) is 14.9. The molecule has 0 bridgehead atoms. The second kappa shape index (κ2) is 6.01. The average molecular weight is 398 g/mol. The van der Waals surface area contributed by atoms with Gasteiger partial charge in [0, 0.05) is 29.5 Å².